The van der Waals surface area contributed by atoms with Gasteiger partial charge in [0.2, 0.25) is 11.8 Å². The molecule has 3 aliphatic rings. The monoisotopic (exact) mass is 539 g/mol. The first-order valence-corrected chi connectivity index (χ1v) is 14.3. The van der Waals surface area contributed by atoms with Gasteiger partial charge in [0.1, 0.15) is 11.4 Å². The van der Waals surface area contributed by atoms with Crippen LogP contribution in [0.3, 0.4) is 0 Å². The van der Waals surface area contributed by atoms with Crippen molar-refractivity contribution >= 4 is 23.0 Å². The van der Waals surface area contributed by atoms with Gasteiger partial charge in [-0.2, -0.15) is 0 Å². The minimum absolute atomic E-state index is 0.0711. The van der Waals surface area contributed by atoms with Crippen molar-refractivity contribution in [2.75, 3.05) is 33.3 Å². The molecule has 1 aliphatic heterocycles. The van der Waals surface area contributed by atoms with Gasteiger partial charge in [-0.25, -0.2) is 4.98 Å². The lowest BCUT2D eigenvalue weighted by Gasteiger charge is -2.38. The number of benzene rings is 1. The summed E-state index contributed by atoms with van der Waals surface area (Å²) in [5, 5.41) is 0. The number of aromatic nitrogens is 2. The molecule has 1 saturated carbocycles. The van der Waals surface area contributed by atoms with E-state index in [4.69, 9.17) is 15.5 Å². The Balaban J connectivity index is 1.37. The molecule has 2 fully saturated rings. The molecule has 2 N–H and O–H groups in total. The molecule has 0 radical (unpaired) electrons. The van der Waals surface area contributed by atoms with Crippen molar-refractivity contribution in [3.63, 3.8) is 0 Å². The highest BCUT2D eigenvalue weighted by Gasteiger charge is 2.31. The number of pyridine rings is 1. The fourth-order valence-electron chi connectivity index (χ4n) is 6.15. The van der Waals surface area contributed by atoms with Crippen LogP contribution >= 0.6 is 0 Å². The van der Waals surface area contributed by atoms with E-state index in [1.165, 1.54) is 6.42 Å². The van der Waals surface area contributed by atoms with Gasteiger partial charge in [0.05, 0.1) is 18.5 Å². The number of carbonyl (C=O) groups excluding carboxylic acids is 2. The number of carbonyl (C=O) groups is 2. The van der Waals surface area contributed by atoms with Crippen LogP contribution in [0.4, 0.5) is 0 Å². The van der Waals surface area contributed by atoms with E-state index in [0.717, 1.165) is 84.9 Å². The summed E-state index contributed by atoms with van der Waals surface area (Å²) in [7, 11) is 1.67. The van der Waals surface area contributed by atoms with Crippen LogP contribution in [0.5, 0.6) is 5.75 Å². The second-order valence-electron chi connectivity index (χ2n) is 11.2. The van der Waals surface area contributed by atoms with E-state index in [1.54, 1.807) is 7.11 Å². The first kappa shape index (κ1) is 26.3. The summed E-state index contributed by atoms with van der Waals surface area (Å²) >= 11 is 0. The Kier molecular flexibility index (Phi) is 7.19. The maximum absolute atomic E-state index is 12.8. The maximum Gasteiger partial charge on any atom is 0.245 e. The van der Waals surface area contributed by atoms with Gasteiger partial charge in [0.15, 0.2) is 0 Å². The minimum atomic E-state index is -0.371. The summed E-state index contributed by atoms with van der Waals surface area (Å²) in [6.07, 6.45) is 10.3. The topological polar surface area (TPSA) is 93.2 Å². The predicted octanol–water partition coefficient (Wildman–Crippen LogP) is 4.29. The molecule has 0 bridgehead atoms. The Morgan fingerprint density at radius 1 is 1.07 bits per heavy atom. The molecule has 1 unspecified atom stereocenters. The molecular formula is C32H37N5O3. The number of piperazine rings is 1. The van der Waals surface area contributed by atoms with Gasteiger partial charge in [-0.1, -0.05) is 37.6 Å². The van der Waals surface area contributed by atoms with Crippen LogP contribution in [-0.4, -0.2) is 64.3 Å². The predicted molar refractivity (Wildman–Crippen MR) is 155 cm³/mol. The highest BCUT2D eigenvalue weighted by atomic mass is 16.5. The molecule has 1 saturated heterocycles. The Bertz CT molecular complexity index is 1510. The molecule has 1 aromatic carbocycles. The van der Waals surface area contributed by atoms with E-state index < -0.39 is 0 Å². The average Bonchev–Trinajstić information content (AvgIpc) is 3.29. The summed E-state index contributed by atoms with van der Waals surface area (Å²) in [4.78, 5) is 34.7. The third kappa shape index (κ3) is 4.92. The van der Waals surface area contributed by atoms with Crippen LogP contribution in [0.15, 0.2) is 60.3 Å². The Labute approximate surface area is 235 Å². The number of hydrogen-bond donors (Lipinski definition) is 1. The Hall–Kier alpha value is -3.91. The van der Waals surface area contributed by atoms with Gasteiger partial charge in [0.25, 0.3) is 0 Å². The van der Waals surface area contributed by atoms with Crippen molar-refractivity contribution < 1.29 is 14.3 Å². The molecule has 2 aromatic heterocycles. The highest BCUT2D eigenvalue weighted by molar-refractivity contribution is 6.03. The van der Waals surface area contributed by atoms with Gasteiger partial charge in [-0.15, -0.1) is 0 Å². The van der Waals surface area contributed by atoms with Crippen LogP contribution < -0.4 is 10.5 Å². The van der Waals surface area contributed by atoms with E-state index in [1.807, 2.05) is 48.2 Å². The molecular weight excluding hydrogens is 502 g/mol. The third-order valence-corrected chi connectivity index (χ3v) is 8.71. The van der Waals surface area contributed by atoms with Crippen molar-refractivity contribution in [3.8, 4) is 17.0 Å². The van der Waals surface area contributed by atoms with E-state index >= 15 is 0 Å². The van der Waals surface area contributed by atoms with E-state index in [2.05, 4.69) is 27.6 Å². The minimum Gasteiger partial charge on any atom is -0.497 e. The molecule has 3 heterocycles. The van der Waals surface area contributed by atoms with E-state index in [9.17, 15) is 9.59 Å². The molecule has 2 amide bonds. The third-order valence-electron chi connectivity index (χ3n) is 8.71. The van der Waals surface area contributed by atoms with Crippen LogP contribution in [0.25, 0.3) is 22.5 Å². The number of ether oxygens (including phenoxy) is 1. The van der Waals surface area contributed by atoms with Crippen molar-refractivity contribution in [1.82, 2.24) is 19.2 Å². The largest absolute Gasteiger partial charge is 0.497 e. The molecule has 8 nitrogen and oxygen atoms in total. The van der Waals surface area contributed by atoms with Crippen molar-refractivity contribution in [1.29, 1.82) is 0 Å². The normalized spacial score (nSPS) is 20.1. The first-order valence-electron chi connectivity index (χ1n) is 14.3. The van der Waals surface area contributed by atoms with E-state index in [0.29, 0.717) is 18.0 Å². The number of nitrogens with two attached hydrogens (primary N) is 1. The molecule has 208 valence electrons. The smallest absolute Gasteiger partial charge is 0.245 e. The first-order chi connectivity index (χ1) is 19.4. The number of nitrogens with zero attached hydrogens (tertiary/aromatic N) is 4. The zero-order chi connectivity index (χ0) is 27.8. The van der Waals surface area contributed by atoms with Gasteiger partial charge >= 0.3 is 0 Å². The fourth-order valence-corrected chi connectivity index (χ4v) is 6.15. The second kappa shape index (κ2) is 10.9. The maximum atomic E-state index is 12.8. The summed E-state index contributed by atoms with van der Waals surface area (Å²) in [6.45, 7) is 5.88. The SMILES string of the molecule is COc1cccc(-c2nc3ccc(C4=C(C(N)=O)C(C)CC=C4)cn3c2CN2CCN(C(=O)C3CCC3)CC2)c1. The van der Waals surface area contributed by atoms with Crippen molar-refractivity contribution in [3.05, 3.63) is 71.6 Å². The van der Waals surface area contributed by atoms with Crippen LogP contribution in [-0.2, 0) is 16.1 Å². The van der Waals surface area contributed by atoms with Crippen LogP contribution in [0, 0.1) is 11.8 Å². The molecule has 0 spiro atoms. The van der Waals surface area contributed by atoms with Gasteiger partial charge in [-0.3, -0.25) is 14.5 Å². The van der Waals surface area contributed by atoms with E-state index in [-0.39, 0.29) is 17.7 Å². The molecule has 8 heteroatoms. The average molecular weight is 540 g/mol. The van der Waals surface area contributed by atoms with Crippen LogP contribution in [0.2, 0.25) is 0 Å². The van der Waals surface area contributed by atoms with Crippen molar-refractivity contribution in [2.45, 2.75) is 39.2 Å². The number of amides is 2. The highest BCUT2D eigenvalue weighted by Crippen LogP contribution is 2.34. The molecule has 2 aliphatic carbocycles. The van der Waals surface area contributed by atoms with Gasteiger partial charge in [0, 0.05) is 56.0 Å². The number of fused-ring (bicyclic) bond motifs is 1. The zero-order valence-corrected chi connectivity index (χ0v) is 23.3. The summed E-state index contributed by atoms with van der Waals surface area (Å²) < 4.78 is 7.66. The lowest BCUT2D eigenvalue weighted by atomic mass is 9.84. The lowest BCUT2D eigenvalue weighted by Crippen LogP contribution is -2.50. The summed E-state index contributed by atoms with van der Waals surface area (Å²) in [5.74, 6) is 1.04. The summed E-state index contributed by atoms with van der Waals surface area (Å²) in [5.41, 5.74) is 12.1. The molecule has 6 rings (SSSR count). The molecule has 1 atom stereocenters. The Morgan fingerprint density at radius 2 is 1.88 bits per heavy atom. The standard InChI is InChI=1S/C32H37N5O3/c1-21-6-3-11-26(29(21)31(33)38)24-12-13-28-34-30(23-9-5-10-25(18-23)40-2)27(37(28)19-24)20-35-14-16-36(17-15-35)32(39)22-7-4-8-22/h3,5,9-13,18-19,21-22H,4,6-8,14-17,20H2,1-2H3,(H2,33,38). The zero-order valence-electron chi connectivity index (χ0n) is 23.3. The fraction of sp³-hybridized carbons (Fsp3) is 0.406. The summed E-state index contributed by atoms with van der Waals surface area (Å²) in [6, 6.07) is 12.0. The number of imidazole rings is 1. The lowest BCUT2D eigenvalue weighted by molar-refractivity contribution is -0.140. The molecule has 40 heavy (non-hydrogen) atoms. The molecule has 3 aromatic rings. The number of methoxy groups -OCH3 is 1. The number of allylic oxidation sites excluding steroid dienone is 3. The second-order valence-corrected chi connectivity index (χ2v) is 11.2. The van der Waals surface area contributed by atoms with Crippen molar-refractivity contribution in [2.24, 2.45) is 17.6 Å². The number of hydrogen-bond acceptors (Lipinski definition) is 5. The van der Waals surface area contributed by atoms with Gasteiger partial charge in [-0.05, 0) is 60.6 Å². The van der Waals surface area contributed by atoms with Gasteiger partial charge < -0.3 is 19.8 Å². The quantitative estimate of drug-likeness (QED) is 0.484. The Morgan fingerprint density at radius 3 is 2.58 bits per heavy atom. The number of rotatable bonds is 7. The number of primary amides is 1. The van der Waals surface area contributed by atoms with Crippen LogP contribution in [0.1, 0.15) is 43.9 Å².